The summed E-state index contributed by atoms with van der Waals surface area (Å²) in [5.41, 5.74) is 2.71. The van der Waals surface area contributed by atoms with Crippen LogP contribution < -0.4 is 10.6 Å². The normalized spacial score (nSPS) is 14.2. The molecule has 0 aromatic heterocycles. The third-order valence-electron chi connectivity index (χ3n) is 3.84. The molecule has 4 nitrogen and oxygen atoms in total. The number of piperazine rings is 1. The van der Waals surface area contributed by atoms with Crippen LogP contribution in [0.3, 0.4) is 0 Å². The largest absolute Gasteiger partial charge is 0.322 e. The molecule has 2 N–H and O–H groups in total. The van der Waals surface area contributed by atoms with Crippen molar-refractivity contribution in [1.82, 2.24) is 10.2 Å². The molecule has 0 unspecified atom stereocenters. The van der Waals surface area contributed by atoms with Gasteiger partial charge in [0.05, 0.1) is 0 Å². The van der Waals surface area contributed by atoms with Gasteiger partial charge in [-0.05, 0) is 29.8 Å². The van der Waals surface area contributed by atoms with Crippen molar-refractivity contribution in [3.63, 3.8) is 0 Å². The minimum absolute atomic E-state index is 0. The van der Waals surface area contributed by atoms with Gasteiger partial charge < -0.3 is 10.6 Å². The van der Waals surface area contributed by atoms with Crippen LogP contribution in [0.5, 0.6) is 0 Å². The van der Waals surface area contributed by atoms with Crippen LogP contribution in [0.15, 0.2) is 54.6 Å². The van der Waals surface area contributed by atoms with Gasteiger partial charge in [0.15, 0.2) is 0 Å². The Morgan fingerprint density at radius 1 is 1.00 bits per heavy atom. The number of anilines is 1. The van der Waals surface area contributed by atoms with Crippen molar-refractivity contribution in [3.05, 3.63) is 65.7 Å². The topological polar surface area (TPSA) is 44.4 Å². The quantitative estimate of drug-likeness (QED) is 0.871. The van der Waals surface area contributed by atoms with E-state index in [-0.39, 0.29) is 30.7 Å². The number of para-hydroxylation sites is 1. The number of rotatable bonds is 4. The van der Waals surface area contributed by atoms with Crippen molar-refractivity contribution in [2.45, 2.75) is 6.54 Å². The zero-order valence-electron chi connectivity index (χ0n) is 13.4. The molecule has 130 valence electrons. The first kappa shape index (κ1) is 20.5. The van der Waals surface area contributed by atoms with Crippen molar-refractivity contribution in [2.24, 2.45) is 0 Å². The average Bonchev–Trinajstić information content (AvgIpc) is 2.57. The molecule has 0 bridgehead atoms. The summed E-state index contributed by atoms with van der Waals surface area (Å²) < 4.78 is 0. The Bertz CT molecular complexity index is 631. The van der Waals surface area contributed by atoms with Crippen LogP contribution in [0, 0.1) is 0 Å². The van der Waals surface area contributed by atoms with E-state index in [9.17, 15) is 4.79 Å². The van der Waals surface area contributed by atoms with Gasteiger partial charge in [0, 0.05) is 44.0 Å². The molecule has 6 heteroatoms. The lowest BCUT2D eigenvalue weighted by atomic mass is 10.1. The highest BCUT2D eigenvalue weighted by Crippen LogP contribution is 2.12. The highest BCUT2D eigenvalue weighted by molar-refractivity contribution is 6.04. The summed E-state index contributed by atoms with van der Waals surface area (Å²) in [5.74, 6) is -0.0617. The molecule has 1 fully saturated rings. The van der Waals surface area contributed by atoms with Crippen molar-refractivity contribution in [2.75, 3.05) is 31.5 Å². The van der Waals surface area contributed by atoms with Crippen molar-refractivity contribution in [3.8, 4) is 0 Å². The molecule has 0 saturated carbocycles. The Morgan fingerprint density at radius 2 is 1.71 bits per heavy atom. The molecule has 0 aliphatic carbocycles. The molecule has 1 aliphatic rings. The average molecular weight is 368 g/mol. The number of halogens is 2. The molecule has 24 heavy (non-hydrogen) atoms. The van der Waals surface area contributed by atoms with E-state index in [1.807, 2.05) is 48.5 Å². The number of carbonyl (C=O) groups excluding carboxylic acids is 1. The van der Waals surface area contributed by atoms with E-state index >= 15 is 0 Å². The van der Waals surface area contributed by atoms with E-state index in [0.717, 1.165) is 38.4 Å². The van der Waals surface area contributed by atoms with Crippen LogP contribution in [-0.2, 0) is 6.54 Å². The van der Waals surface area contributed by atoms with Gasteiger partial charge in [0.2, 0.25) is 0 Å². The zero-order valence-corrected chi connectivity index (χ0v) is 15.0. The first-order valence-electron chi connectivity index (χ1n) is 7.70. The van der Waals surface area contributed by atoms with E-state index in [0.29, 0.717) is 5.56 Å². The molecular formula is C18H23Cl2N3O. The van der Waals surface area contributed by atoms with Crippen LogP contribution in [0.1, 0.15) is 15.9 Å². The van der Waals surface area contributed by atoms with Gasteiger partial charge in [-0.1, -0.05) is 30.3 Å². The molecule has 1 aliphatic heterocycles. The van der Waals surface area contributed by atoms with Gasteiger partial charge in [-0.3, -0.25) is 9.69 Å². The van der Waals surface area contributed by atoms with E-state index in [1.54, 1.807) is 0 Å². The Balaban J connectivity index is 0.00000144. The molecule has 1 amide bonds. The van der Waals surface area contributed by atoms with Gasteiger partial charge in [-0.15, -0.1) is 24.8 Å². The molecule has 3 rings (SSSR count). The molecular weight excluding hydrogens is 345 g/mol. The predicted octanol–water partition coefficient (Wildman–Crippen LogP) is 3.19. The van der Waals surface area contributed by atoms with Gasteiger partial charge in [0.25, 0.3) is 5.91 Å². The number of hydrogen-bond donors (Lipinski definition) is 2. The first-order valence-corrected chi connectivity index (χ1v) is 7.70. The zero-order chi connectivity index (χ0) is 15.2. The van der Waals surface area contributed by atoms with Crippen LogP contribution in [0.4, 0.5) is 5.69 Å². The van der Waals surface area contributed by atoms with Crippen molar-refractivity contribution < 1.29 is 4.79 Å². The Hall–Kier alpha value is -1.59. The Labute approximate surface area is 155 Å². The number of hydrogen-bond acceptors (Lipinski definition) is 3. The maximum Gasteiger partial charge on any atom is 0.255 e. The highest BCUT2D eigenvalue weighted by atomic mass is 35.5. The van der Waals surface area contributed by atoms with E-state index < -0.39 is 0 Å². The molecule has 0 atom stereocenters. The minimum atomic E-state index is -0.0617. The second-order valence-electron chi connectivity index (χ2n) is 5.55. The lowest BCUT2D eigenvalue weighted by Gasteiger charge is -2.27. The Morgan fingerprint density at radius 3 is 2.42 bits per heavy atom. The number of nitrogens with zero attached hydrogens (tertiary/aromatic N) is 1. The smallest absolute Gasteiger partial charge is 0.255 e. The molecule has 1 heterocycles. The van der Waals surface area contributed by atoms with Gasteiger partial charge in [-0.25, -0.2) is 0 Å². The monoisotopic (exact) mass is 367 g/mol. The number of carbonyl (C=O) groups is 1. The SMILES string of the molecule is Cl.Cl.O=C(Nc1ccccc1)c1cccc(CN2CCNCC2)c1. The fourth-order valence-electron chi connectivity index (χ4n) is 2.66. The lowest BCUT2D eigenvalue weighted by Crippen LogP contribution is -2.42. The molecule has 0 spiro atoms. The fourth-order valence-corrected chi connectivity index (χ4v) is 2.66. The third kappa shape index (κ3) is 5.80. The summed E-state index contributed by atoms with van der Waals surface area (Å²) >= 11 is 0. The van der Waals surface area contributed by atoms with Crippen LogP contribution >= 0.6 is 24.8 Å². The van der Waals surface area contributed by atoms with Crippen molar-refractivity contribution in [1.29, 1.82) is 0 Å². The van der Waals surface area contributed by atoms with E-state index in [4.69, 9.17) is 0 Å². The van der Waals surface area contributed by atoms with Gasteiger partial charge in [0.1, 0.15) is 0 Å². The number of benzene rings is 2. The van der Waals surface area contributed by atoms with E-state index in [1.165, 1.54) is 5.56 Å². The third-order valence-corrected chi connectivity index (χ3v) is 3.84. The fraction of sp³-hybridized carbons (Fsp3) is 0.278. The maximum atomic E-state index is 12.3. The Kier molecular flexibility index (Phi) is 8.79. The summed E-state index contributed by atoms with van der Waals surface area (Å²) in [6.45, 7) is 5.08. The van der Waals surface area contributed by atoms with Crippen LogP contribution in [-0.4, -0.2) is 37.0 Å². The minimum Gasteiger partial charge on any atom is -0.322 e. The second-order valence-corrected chi connectivity index (χ2v) is 5.55. The van der Waals surface area contributed by atoms with E-state index in [2.05, 4.69) is 21.6 Å². The number of nitrogens with one attached hydrogen (secondary N) is 2. The highest BCUT2D eigenvalue weighted by Gasteiger charge is 2.11. The first-order chi connectivity index (χ1) is 10.8. The summed E-state index contributed by atoms with van der Waals surface area (Å²) in [5, 5.41) is 6.28. The van der Waals surface area contributed by atoms with Crippen molar-refractivity contribution >= 4 is 36.4 Å². The summed E-state index contributed by atoms with van der Waals surface area (Å²) in [4.78, 5) is 14.7. The lowest BCUT2D eigenvalue weighted by molar-refractivity contribution is 0.102. The number of amides is 1. The van der Waals surface area contributed by atoms with Gasteiger partial charge >= 0.3 is 0 Å². The summed E-state index contributed by atoms with van der Waals surface area (Å²) in [6, 6.07) is 17.4. The molecule has 1 saturated heterocycles. The summed E-state index contributed by atoms with van der Waals surface area (Å²) in [6.07, 6.45) is 0. The standard InChI is InChI=1S/C18H21N3O.2ClH/c22-18(20-17-7-2-1-3-8-17)16-6-4-5-15(13-16)14-21-11-9-19-10-12-21;;/h1-8,13,19H,9-12,14H2,(H,20,22);2*1H. The molecule has 2 aromatic carbocycles. The van der Waals surface area contributed by atoms with Crippen LogP contribution in [0.25, 0.3) is 0 Å². The van der Waals surface area contributed by atoms with Crippen LogP contribution in [0.2, 0.25) is 0 Å². The maximum absolute atomic E-state index is 12.3. The molecule has 2 aromatic rings. The summed E-state index contributed by atoms with van der Waals surface area (Å²) in [7, 11) is 0. The second kappa shape index (κ2) is 10.3. The molecule has 0 radical (unpaired) electrons. The van der Waals surface area contributed by atoms with Gasteiger partial charge in [-0.2, -0.15) is 0 Å². The predicted molar refractivity (Wildman–Crippen MR) is 103 cm³/mol.